The summed E-state index contributed by atoms with van der Waals surface area (Å²) in [6, 6.07) is -0.193. The van der Waals surface area contributed by atoms with E-state index >= 15 is 0 Å². The minimum absolute atomic E-state index is 0.193. The van der Waals surface area contributed by atoms with E-state index in [1.807, 2.05) is 5.38 Å². The Kier molecular flexibility index (Phi) is 3.67. The first-order valence-electron chi connectivity index (χ1n) is 7.09. The first-order valence-corrected chi connectivity index (χ1v) is 7.97. The molecular formula is C14H19N5OS. The molecule has 0 radical (unpaired) electrons. The third-order valence-corrected chi connectivity index (χ3v) is 5.04. The molecule has 1 saturated carbocycles. The lowest BCUT2D eigenvalue weighted by Gasteiger charge is -2.20. The number of hydrogen-bond donors (Lipinski definition) is 3. The van der Waals surface area contributed by atoms with Gasteiger partial charge in [0.25, 0.3) is 0 Å². The van der Waals surface area contributed by atoms with Crippen molar-refractivity contribution in [3.8, 4) is 10.7 Å². The van der Waals surface area contributed by atoms with Crippen LogP contribution in [0.1, 0.15) is 26.7 Å². The quantitative estimate of drug-likeness (QED) is 0.794. The molecule has 2 heterocycles. The molecule has 0 saturated heterocycles. The number of anilines is 1. The van der Waals surface area contributed by atoms with Gasteiger partial charge in [-0.2, -0.15) is 5.10 Å². The van der Waals surface area contributed by atoms with Crippen molar-refractivity contribution in [3.63, 3.8) is 0 Å². The molecule has 0 bridgehead atoms. The zero-order valence-electron chi connectivity index (χ0n) is 12.1. The summed E-state index contributed by atoms with van der Waals surface area (Å²) in [7, 11) is 0. The number of nitrogens with zero attached hydrogens (tertiary/aromatic N) is 2. The van der Waals surface area contributed by atoms with Gasteiger partial charge in [0.05, 0.1) is 11.9 Å². The monoisotopic (exact) mass is 305 g/mol. The highest BCUT2D eigenvalue weighted by atomic mass is 32.1. The third kappa shape index (κ3) is 2.92. The SMILES string of the molecule is CC(C)C1(CNC(=O)Nc2cn[nH]c2-c2nccs2)CC1. The number of aromatic amines is 1. The molecule has 0 atom stereocenters. The van der Waals surface area contributed by atoms with Crippen LogP contribution in [0, 0.1) is 11.3 Å². The fraction of sp³-hybridized carbons (Fsp3) is 0.500. The fourth-order valence-electron chi connectivity index (χ4n) is 2.43. The molecule has 21 heavy (non-hydrogen) atoms. The van der Waals surface area contributed by atoms with Gasteiger partial charge in [-0.1, -0.05) is 13.8 Å². The lowest BCUT2D eigenvalue weighted by atomic mass is 9.92. The largest absolute Gasteiger partial charge is 0.337 e. The highest BCUT2D eigenvalue weighted by molar-refractivity contribution is 7.13. The molecular weight excluding hydrogens is 286 g/mol. The first-order chi connectivity index (χ1) is 10.1. The van der Waals surface area contributed by atoms with E-state index in [0.29, 0.717) is 17.0 Å². The van der Waals surface area contributed by atoms with Crippen LogP contribution in [0.3, 0.4) is 0 Å². The second kappa shape index (κ2) is 5.48. The number of carbonyl (C=O) groups is 1. The summed E-state index contributed by atoms with van der Waals surface area (Å²) in [4.78, 5) is 16.3. The summed E-state index contributed by atoms with van der Waals surface area (Å²) in [5, 5.41) is 15.4. The normalized spacial score (nSPS) is 16.0. The molecule has 2 aromatic heterocycles. The van der Waals surface area contributed by atoms with Gasteiger partial charge in [0.1, 0.15) is 10.7 Å². The molecule has 2 amide bonds. The van der Waals surface area contributed by atoms with E-state index in [-0.39, 0.29) is 6.03 Å². The van der Waals surface area contributed by atoms with Crippen LogP contribution in [0.25, 0.3) is 10.7 Å². The molecule has 0 aromatic carbocycles. The van der Waals surface area contributed by atoms with E-state index < -0.39 is 0 Å². The fourth-order valence-corrected chi connectivity index (χ4v) is 3.08. The van der Waals surface area contributed by atoms with E-state index in [2.05, 4.69) is 39.7 Å². The molecule has 3 N–H and O–H groups in total. The van der Waals surface area contributed by atoms with Crippen molar-refractivity contribution in [2.75, 3.05) is 11.9 Å². The van der Waals surface area contributed by atoms with Gasteiger partial charge < -0.3 is 10.6 Å². The average molecular weight is 305 g/mol. The van der Waals surface area contributed by atoms with Crippen molar-refractivity contribution < 1.29 is 4.79 Å². The molecule has 7 heteroatoms. The number of amides is 2. The van der Waals surface area contributed by atoms with Crippen molar-refractivity contribution in [2.45, 2.75) is 26.7 Å². The summed E-state index contributed by atoms with van der Waals surface area (Å²) in [6.07, 6.45) is 5.72. The summed E-state index contributed by atoms with van der Waals surface area (Å²) in [6.45, 7) is 5.15. The van der Waals surface area contributed by atoms with Gasteiger partial charge in [-0.15, -0.1) is 11.3 Å². The maximum absolute atomic E-state index is 12.0. The average Bonchev–Trinajstić information content (AvgIpc) is 2.86. The molecule has 0 unspecified atom stereocenters. The highest BCUT2D eigenvalue weighted by Gasteiger charge is 2.45. The van der Waals surface area contributed by atoms with Crippen molar-refractivity contribution in [1.29, 1.82) is 0 Å². The Balaban J connectivity index is 1.60. The van der Waals surface area contributed by atoms with E-state index in [1.54, 1.807) is 12.4 Å². The van der Waals surface area contributed by atoms with Gasteiger partial charge in [-0.05, 0) is 24.2 Å². The van der Waals surface area contributed by atoms with Gasteiger partial charge in [0.15, 0.2) is 0 Å². The molecule has 2 aromatic rings. The predicted molar refractivity (Wildman–Crippen MR) is 83.2 cm³/mol. The number of nitrogens with one attached hydrogen (secondary N) is 3. The Hall–Kier alpha value is -1.89. The minimum Gasteiger partial charge on any atom is -0.337 e. The van der Waals surface area contributed by atoms with Crippen LogP contribution in [-0.4, -0.2) is 27.8 Å². The first kappa shape index (κ1) is 14.1. The molecule has 0 spiro atoms. The molecule has 1 aliphatic rings. The van der Waals surface area contributed by atoms with Crippen molar-refractivity contribution >= 4 is 23.1 Å². The number of carbonyl (C=O) groups excluding carboxylic acids is 1. The van der Waals surface area contributed by atoms with E-state index in [1.165, 1.54) is 24.2 Å². The van der Waals surface area contributed by atoms with Crippen LogP contribution in [-0.2, 0) is 0 Å². The Bertz CT molecular complexity index is 615. The number of aromatic nitrogens is 3. The smallest absolute Gasteiger partial charge is 0.319 e. The van der Waals surface area contributed by atoms with E-state index in [9.17, 15) is 4.79 Å². The van der Waals surface area contributed by atoms with Gasteiger partial charge in [-0.3, -0.25) is 5.10 Å². The highest BCUT2D eigenvalue weighted by Crippen LogP contribution is 2.51. The number of thiazole rings is 1. The maximum Gasteiger partial charge on any atom is 0.319 e. The third-order valence-electron chi connectivity index (χ3n) is 4.25. The van der Waals surface area contributed by atoms with Crippen LogP contribution in [0.5, 0.6) is 0 Å². The predicted octanol–water partition coefficient (Wildman–Crippen LogP) is 3.09. The zero-order valence-corrected chi connectivity index (χ0v) is 13.0. The van der Waals surface area contributed by atoms with E-state index in [4.69, 9.17) is 0 Å². The van der Waals surface area contributed by atoms with Crippen molar-refractivity contribution in [3.05, 3.63) is 17.8 Å². The summed E-state index contributed by atoms with van der Waals surface area (Å²) >= 11 is 1.50. The van der Waals surface area contributed by atoms with Crippen molar-refractivity contribution in [1.82, 2.24) is 20.5 Å². The van der Waals surface area contributed by atoms with Crippen molar-refractivity contribution in [2.24, 2.45) is 11.3 Å². The molecule has 3 rings (SSSR count). The molecule has 0 aliphatic heterocycles. The molecule has 1 fully saturated rings. The standard InChI is InChI=1S/C14H19N5OS/c1-9(2)14(3-4-14)8-16-13(20)18-10-7-17-19-11(10)12-15-5-6-21-12/h5-7,9H,3-4,8H2,1-2H3,(H,17,19)(H2,16,18,20). The lowest BCUT2D eigenvalue weighted by molar-refractivity contribution is 0.246. The van der Waals surface area contributed by atoms with Gasteiger partial charge in [0.2, 0.25) is 0 Å². The van der Waals surface area contributed by atoms with Crippen LogP contribution in [0.2, 0.25) is 0 Å². The maximum atomic E-state index is 12.0. The molecule has 1 aliphatic carbocycles. The Labute approximate surface area is 127 Å². The van der Waals surface area contributed by atoms with Gasteiger partial charge in [0, 0.05) is 18.1 Å². The van der Waals surface area contributed by atoms with Crippen LogP contribution >= 0.6 is 11.3 Å². The number of H-pyrrole nitrogens is 1. The topological polar surface area (TPSA) is 82.7 Å². The second-order valence-corrected chi connectivity index (χ2v) is 6.72. The van der Waals surface area contributed by atoms with Crippen LogP contribution < -0.4 is 10.6 Å². The number of hydrogen-bond acceptors (Lipinski definition) is 4. The minimum atomic E-state index is -0.193. The number of rotatable bonds is 5. The Morgan fingerprint density at radius 3 is 2.95 bits per heavy atom. The molecule has 6 nitrogen and oxygen atoms in total. The second-order valence-electron chi connectivity index (χ2n) is 5.82. The zero-order chi connectivity index (χ0) is 14.9. The molecule has 112 valence electrons. The van der Waals surface area contributed by atoms with Gasteiger partial charge >= 0.3 is 6.03 Å². The Morgan fingerprint density at radius 2 is 2.33 bits per heavy atom. The van der Waals surface area contributed by atoms with Crippen LogP contribution in [0.4, 0.5) is 10.5 Å². The van der Waals surface area contributed by atoms with E-state index in [0.717, 1.165) is 17.2 Å². The lowest BCUT2D eigenvalue weighted by Crippen LogP contribution is -2.35. The summed E-state index contributed by atoms with van der Waals surface area (Å²) in [5.74, 6) is 0.595. The number of urea groups is 1. The van der Waals surface area contributed by atoms with Crippen LogP contribution in [0.15, 0.2) is 17.8 Å². The Morgan fingerprint density at radius 1 is 1.52 bits per heavy atom. The summed E-state index contributed by atoms with van der Waals surface area (Å²) < 4.78 is 0. The summed E-state index contributed by atoms with van der Waals surface area (Å²) in [5.41, 5.74) is 1.69. The van der Waals surface area contributed by atoms with Gasteiger partial charge in [-0.25, -0.2) is 9.78 Å².